The van der Waals surface area contributed by atoms with Crippen LogP contribution in [0.4, 0.5) is 0 Å². The van der Waals surface area contributed by atoms with Crippen LogP contribution in [0.25, 0.3) is 0 Å². The van der Waals surface area contributed by atoms with Crippen LogP contribution >= 0.6 is 15.9 Å². The van der Waals surface area contributed by atoms with Crippen molar-refractivity contribution in [3.63, 3.8) is 0 Å². The van der Waals surface area contributed by atoms with E-state index in [0.717, 1.165) is 16.5 Å². The van der Waals surface area contributed by atoms with E-state index in [1.54, 1.807) is 29.2 Å². The molecule has 0 saturated carbocycles. The number of hydrogen-bond acceptors (Lipinski definition) is 5. The second-order valence-electron chi connectivity index (χ2n) is 6.59. The van der Waals surface area contributed by atoms with Gasteiger partial charge >= 0.3 is 10.1 Å². The van der Waals surface area contributed by atoms with Crippen LogP contribution < -0.4 is 8.92 Å². The summed E-state index contributed by atoms with van der Waals surface area (Å²) in [5, 5.41) is 0. The smallest absolute Gasteiger partial charge is 0.309 e. The molecule has 0 aliphatic heterocycles. The van der Waals surface area contributed by atoms with Crippen molar-refractivity contribution in [3.05, 3.63) is 58.1 Å². The van der Waals surface area contributed by atoms with E-state index in [4.69, 9.17) is 8.92 Å². The van der Waals surface area contributed by atoms with E-state index in [1.807, 2.05) is 32.0 Å². The van der Waals surface area contributed by atoms with Crippen LogP contribution in [0.3, 0.4) is 0 Å². The fourth-order valence-corrected chi connectivity index (χ4v) is 3.69. The Labute approximate surface area is 181 Å². The SMILES string of the molecule is CCC(C)N(Cc1ccc(OC)c(OS(=O)(=O)CC)c1)C(=O)c1ccccc1Br. The van der Waals surface area contributed by atoms with Gasteiger partial charge in [0.1, 0.15) is 0 Å². The topological polar surface area (TPSA) is 72.9 Å². The van der Waals surface area contributed by atoms with E-state index in [2.05, 4.69) is 15.9 Å². The maximum absolute atomic E-state index is 13.2. The number of rotatable bonds is 9. The second-order valence-corrected chi connectivity index (χ2v) is 9.30. The normalized spacial score (nSPS) is 12.3. The van der Waals surface area contributed by atoms with Gasteiger partial charge in [0.25, 0.3) is 5.91 Å². The highest BCUT2D eigenvalue weighted by molar-refractivity contribution is 9.10. The predicted molar refractivity (Wildman–Crippen MR) is 117 cm³/mol. The van der Waals surface area contributed by atoms with E-state index in [-0.39, 0.29) is 23.5 Å². The molecule has 0 aliphatic rings. The molecule has 0 aromatic heterocycles. The van der Waals surface area contributed by atoms with E-state index >= 15 is 0 Å². The Bertz CT molecular complexity index is 961. The van der Waals surface area contributed by atoms with Gasteiger partial charge in [-0.1, -0.05) is 25.1 Å². The van der Waals surface area contributed by atoms with Gasteiger partial charge in [-0.15, -0.1) is 0 Å². The first kappa shape index (κ1) is 23.2. The van der Waals surface area contributed by atoms with Crippen molar-refractivity contribution in [3.8, 4) is 11.5 Å². The van der Waals surface area contributed by atoms with Crippen LogP contribution in [0.2, 0.25) is 0 Å². The van der Waals surface area contributed by atoms with Gasteiger partial charge in [0, 0.05) is 17.1 Å². The summed E-state index contributed by atoms with van der Waals surface area (Å²) in [5.74, 6) is 0.175. The molecule has 2 rings (SSSR count). The van der Waals surface area contributed by atoms with Gasteiger partial charge in [-0.2, -0.15) is 8.42 Å². The van der Waals surface area contributed by atoms with Gasteiger partial charge in [0.2, 0.25) is 0 Å². The van der Waals surface area contributed by atoms with Crippen LogP contribution in [0.5, 0.6) is 11.5 Å². The standard InChI is InChI=1S/C21H26BrNO5S/c1-5-15(3)23(21(24)17-9-7-8-10-18(17)22)14-16-11-12-19(27-4)20(13-16)28-29(25,26)6-2/h7-13,15H,5-6,14H2,1-4H3. The predicted octanol–water partition coefficient (Wildman–Crippen LogP) is 4.63. The number of hydrogen-bond donors (Lipinski definition) is 0. The van der Waals surface area contributed by atoms with Crippen molar-refractivity contribution in [2.75, 3.05) is 12.9 Å². The van der Waals surface area contributed by atoms with Crippen LogP contribution in [-0.4, -0.2) is 38.1 Å². The van der Waals surface area contributed by atoms with Gasteiger partial charge in [-0.3, -0.25) is 4.79 Å². The molecule has 29 heavy (non-hydrogen) atoms. The Morgan fingerprint density at radius 1 is 1.14 bits per heavy atom. The fraction of sp³-hybridized carbons (Fsp3) is 0.381. The second kappa shape index (κ2) is 10.1. The molecule has 6 nitrogen and oxygen atoms in total. The summed E-state index contributed by atoms with van der Waals surface area (Å²) in [4.78, 5) is 15.0. The summed E-state index contributed by atoms with van der Waals surface area (Å²) in [6.45, 7) is 5.81. The average Bonchev–Trinajstić information content (AvgIpc) is 2.71. The average molecular weight is 484 g/mol. The Morgan fingerprint density at radius 2 is 1.83 bits per heavy atom. The maximum atomic E-state index is 13.2. The van der Waals surface area contributed by atoms with Gasteiger partial charge in [-0.25, -0.2) is 0 Å². The first-order valence-electron chi connectivity index (χ1n) is 9.37. The lowest BCUT2D eigenvalue weighted by atomic mass is 10.1. The number of nitrogens with zero attached hydrogens (tertiary/aromatic N) is 1. The number of halogens is 1. The van der Waals surface area contributed by atoms with E-state index < -0.39 is 10.1 Å². The number of methoxy groups -OCH3 is 1. The minimum Gasteiger partial charge on any atom is -0.493 e. The van der Waals surface area contributed by atoms with Crippen molar-refractivity contribution < 1.29 is 22.1 Å². The number of benzene rings is 2. The Hall–Kier alpha value is -2.06. The molecule has 0 aliphatic carbocycles. The first-order valence-corrected chi connectivity index (χ1v) is 11.7. The van der Waals surface area contributed by atoms with Gasteiger partial charge in [0.15, 0.2) is 11.5 Å². The van der Waals surface area contributed by atoms with Crippen LogP contribution in [0.15, 0.2) is 46.9 Å². The molecule has 0 spiro atoms. The summed E-state index contributed by atoms with van der Waals surface area (Å²) in [6.07, 6.45) is 0.778. The van der Waals surface area contributed by atoms with Crippen LogP contribution in [-0.2, 0) is 16.7 Å². The van der Waals surface area contributed by atoms with E-state index in [1.165, 1.54) is 14.0 Å². The number of ether oxygens (including phenoxy) is 1. The summed E-state index contributed by atoms with van der Waals surface area (Å²) in [6, 6.07) is 12.3. The molecule has 1 amide bonds. The van der Waals surface area contributed by atoms with Crippen LogP contribution in [0.1, 0.15) is 43.1 Å². The van der Waals surface area contributed by atoms with Crippen LogP contribution in [0, 0.1) is 0 Å². The lowest BCUT2D eigenvalue weighted by Crippen LogP contribution is -2.38. The molecule has 1 unspecified atom stereocenters. The third-order valence-electron chi connectivity index (χ3n) is 4.64. The Morgan fingerprint density at radius 3 is 2.41 bits per heavy atom. The molecule has 0 fully saturated rings. The number of amides is 1. The molecule has 1 atom stereocenters. The minimum absolute atomic E-state index is 0.0135. The lowest BCUT2D eigenvalue weighted by Gasteiger charge is -2.29. The molecule has 0 heterocycles. The Balaban J connectivity index is 2.39. The molecule has 0 N–H and O–H groups in total. The first-order chi connectivity index (χ1) is 13.7. The molecular weight excluding hydrogens is 458 g/mol. The van der Waals surface area contributed by atoms with E-state index in [9.17, 15) is 13.2 Å². The minimum atomic E-state index is -3.70. The lowest BCUT2D eigenvalue weighted by molar-refractivity contribution is 0.0670. The monoisotopic (exact) mass is 483 g/mol. The van der Waals surface area contributed by atoms with Crippen molar-refractivity contribution in [2.45, 2.75) is 39.8 Å². The molecule has 0 bridgehead atoms. The van der Waals surface area contributed by atoms with Crippen molar-refractivity contribution >= 4 is 32.0 Å². The highest BCUT2D eigenvalue weighted by Gasteiger charge is 2.23. The zero-order chi connectivity index (χ0) is 21.6. The zero-order valence-corrected chi connectivity index (χ0v) is 19.4. The molecule has 0 saturated heterocycles. The van der Waals surface area contributed by atoms with Crippen molar-refractivity contribution in [1.29, 1.82) is 0 Å². The maximum Gasteiger partial charge on any atom is 0.309 e. The highest BCUT2D eigenvalue weighted by atomic mass is 79.9. The largest absolute Gasteiger partial charge is 0.493 e. The third-order valence-corrected chi connectivity index (χ3v) is 6.47. The molecule has 0 radical (unpaired) electrons. The quantitative estimate of drug-likeness (QED) is 0.486. The van der Waals surface area contributed by atoms with Crippen molar-refractivity contribution in [1.82, 2.24) is 4.90 Å². The summed E-state index contributed by atoms with van der Waals surface area (Å²) in [5.41, 5.74) is 1.32. The third kappa shape index (κ3) is 5.96. The van der Waals surface area contributed by atoms with Gasteiger partial charge < -0.3 is 13.8 Å². The highest BCUT2D eigenvalue weighted by Crippen LogP contribution is 2.31. The van der Waals surface area contributed by atoms with Gasteiger partial charge in [-0.05, 0) is 66.0 Å². The van der Waals surface area contributed by atoms with E-state index in [0.29, 0.717) is 17.9 Å². The molecular formula is C21H26BrNO5S. The zero-order valence-electron chi connectivity index (χ0n) is 17.0. The fourth-order valence-electron chi connectivity index (χ4n) is 2.71. The summed E-state index contributed by atoms with van der Waals surface area (Å²) >= 11 is 3.44. The van der Waals surface area contributed by atoms with Crippen molar-refractivity contribution in [2.24, 2.45) is 0 Å². The molecule has 158 valence electrons. The van der Waals surface area contributed by atoms with Gasteiger partial charge in [0.05, 0.1) is 18.4 Å². The summed E-state index contributed by atoms with van der Waals surface area (Å²) in [7, 11) is -2.26. The Kier molecular flexibility index (Phi) is 8.10. The number of carbonyl (C=O) groups excluding carboxylic acids is 1. The molecule has 8 heteroatoms. The summed E-state index contributed by atoms with van der Waals surface area (Å²) < 4.78 is 34.9. The molecule has 2 aromatic rings. The number of carbonyl (C=O) groups is 1. The molecule has 2 aromatic carbocycles.